The van der Waals surface area contributed by atoms with Crippen molar-refractivity contribution in [2.24, 2.45) is 5.92 Å². The van der Waals surface area contributed by atoms with Crippen molar-refractivity contribution in [3.8, 4) is 22.5 Å². The van der Waals surface area contributed by atoms with Crippen LogP contribution in [0.3, 0.4) is 0 Å². The van der Waals surface area contributed by atoms with Gasteiger partial charge in [-0.2, -0.15) is 8.42 Å². The van der Waals surface area contributed by atoms with Crippen molar-refractivity contribution in [2.75, 3.05) is 41.6 Å². The predicted octanol–water partition coefficient (Wildman–Crippen LogP) is 7.07. The third-order valence-corrected chi connectivity index (χ3v) is 11.1. The van der Waals surface area contributed by atoms with Gasteiger partial charge in [0.1, 0.15) is 24.4 Å². The standard InChI is InChI=1S/C35H47N3O6S2/c1-7-13-14-25(8-2)24-45(39,40)36-32-23-28(46(41,42)43)17-20-29(32)35-30-18-15-26(37(9-3)10-4)21-33(30)44-34-22-27(16-19-31(34)35)38(11-5)12-6/h15-23,25H,7-14,24H2,1-6H3,(H,41,42,43)/p+1. The van der Waals surface area contributed by atoms with Crippen molar-refractivity contribution >= 4 is 42.5 Å². The Kier molecular flexibility index (Phi) is 11.6. The van der Waals surface area contributed by atoms with Crippen LogP contribution in [-0.2, 0) is 20.1 Å². The first-order valence-corrected chi connectivity index (χ1v) is 19.4. The quantitative estimate of drug-likeness (QED) is 0.0789. The summed E-state index contributed by atoms with van der Waals surface area (Å²) in [5, 5.41) is 1.74. The smallest absolute Gasteiger partial charge is 0.294 e. The average molecular weight is 671 g/mol. The molecule has 0 saturated carbocycles. The van der Waals surface area contributed by atoms with Gasteiger partial charge in [0.2, 0.25) is 15.4 Å². The van der Waals surface area contributed by atoms with E-state index in [1.807, 2.05) is 43.3 Å². The Hall–Kier alpha value is -3.41. The van der Waals surface area contributed by atoms with Crippen LogP contribution in [0.25, 0.3) is 33.4 Å². The van der Waals surface area contributed by atoms with Gasteiger partial charge in [0.15, 0.2) is 0 Å². The van der Waals surface area contributed by atoms with E-state index in [0.717, 1.165) is 67.4 Å². The summed E-state index contributed by atoms with van der Waals surface area (Å²) in [7, 11) is -8.50. The summed E-state index contributed by atoms with van der Waals surface area (Å²) < 4.78 is 73.1. The summed E-state index contributed by atoms with van der Waals surface area (Å²) >= 11 is 0. The molecule has 0 spiro atoms. The van der Waals surface area contributed by atoms with Crippen LogP contribution in [0.15, 0.2) is 63.9 Å². The highest BCUT2D eigenvalue weighted by Crippen LogP contribution is 2.44. The average Bonchev–Trinajstić information content (AvgIpc) is 3.02. The monoisotopic (exact) mass is 670 g/mol. The van der Waals surface area contributed by atoms with E-state index in [0.29, 0.717) is 28.9 Å². The third-order valence-electron chi connectivity index (χ3n) is 8.77. The maximum absolute atomic E-state index is 13.6. The van der Waals surface area contributed by atoms with E-state index in [1.54, 1.807) is 6.07 Å². The second kappa shape index (κ2) is 15.0. The van der Waals surface area contributed by atoms with Crippen LogP contribution < -0.4 is 19.6 Å². The number of fused-ring (bicyclic) bond motifs is 2. The molecule has 2 aromatic rings. The Morgan fingerprint density at radius 1 is 0.870 bits per heavy atom. The summed E-state index contributed by atoms with van der Waals surface area (Å²) in [5.74, 6) is 0.479. The minimum absolute atomic E-state index is 0.0418. The lowest BCUT2D eigenvalue weighted by Crippen LogP contribution is -2.29. The zero-order chi connectivity index (χ0) is 33.6. The van der Waals surface area contributed by atoms with E-state index in [2.05, 4.69) is 48.8 Å². The molecule has 0 bridgehead atoms. The summed E-state index contributed by atoms with van der Waals surface area (Å²) in [4.78, 5) is 1.82. The van der Waals surface area contributed by atoms with Gasteiger partial charge in [-0.25, -0.2) is 13.0 Å². The van der Waals surface area contributed by atoms with Gasteiger partial charge in [-0.3, -0.25) is 9.27 Å². The van der Waals surface area contributed by atoms with Gasteiger partial charge in [0, 0.05) is 53.0 Å². The van der Waals surface area contributed by atoms with E-state index >= 15 is 0 Å². The van der Waals surface area contributed by atoms with Gasteiger partial charge in [-0.1, -0.05) is 39.2 Å². The van der Waals surface area contributed by atoms with Gasteiger partial charge in [0.05, 0.1) is 22.4 Å². The second-order valence-corrected chi connectivity index (χ2v) is 14.9. The third kappa shape index (κ3) is 7.93. The summed E-state index contributed by atoms with van der Waals surface area (Å²) in [5.41, 5.74) is 3.61. The van der Waals surface area contributed by atoms with Gasteiger partial charge < -0.3 is 9.32 Å². The molecular weight excluding hydrogens is 623 g/mol. The highest BCUT2D eigenvalue weighted by atomic mass is 32.2. The second-order valence-electron chi connectivity index (χ2n) is 11.7. The molecule has 0 aromatic heterocycles. The zero-order valence-corrected chi connectivity index (χ0v) is 29.5. The van der Waals surface area contributed by atoms with Crippen LogP contribution in [-0.4, -0.2) is 53.3 Å². The van der Waals surface area contributed by atoms with E-state index in [9.17, 15) is 21.4 Å². The molecule has 4 rings (SSSR count). The summed E-state index contributed by atoms with van der Waals surface area (Å²) in [6.45, 7) is 15.7. The molecule has 46 heavy (non-hydrogen) atoms. The maximum Gasteiger partial charge on any atom is 0.294 e. The van der Waals surface area contributed by atoms with E-state index in [-0.39, 0.29) is 17.4 Å². The molecule has 1 aliphatic carbocycles. The topological polar surface area (TPSA) is 120 Å². The van der Waals surface area contributed by atoms with Gasteiger partial charge in [-0.15, -0.1) is 0 Å². The Balaban J connectivity index is 2.05. The van der Waals surface area contributed by atoms with Crippen molar-refractivity contribution in [3.05, 3.63) is 60.0 Å². The molecule has 0 amide bonds. The summed E-state index contributed by atoms with van der Waals surface area (Å²) in [6, 6.07) is 16.0. The molecular formula is C35H48N3O6S2+. The van der Waals surface area contributed by atoms with Crippen LogP contribution in [0.4, 0.5) is 11.4 Å². The van der Waals surface area contributed by atoms with E-state index in [1.165, 1.54) is 12.1 Å². The number of hydrogen-bond acceptors (Lipinski definition) is 6. The highest BCUT2D eigenvalue weighted by molar-refractivity contribution is 7.92. The number of benzene rings is 3. The van der Waals surface area contributed by atoms with Crippen molar-refractivity contribution in [2.45, 2.75) is 72.1 Å². The molecule has 0 fully saturated rings. The molecule has 0 radical (unpaired) electrons. The normalized spacial score (nSPS) is 12.8. The van der Waals surface area contributed by atoms with Crippen LogP contribution in [0, 0.1) is 5.92 Å². The number of anilines is 2. The molecule has 1 atom stereocenters. The first kappa shape index (κ1) is 35.4. The first-order valence-electron chi connectivity index (χ1n) is 16.3. The Bertz CT molecular complexity index is 1920. The minimum atomic E-state index is -4.61. The van der Waals surface area contributed by atoms with Crippen molar-refractivity contribution in [3.63, 3.8) is 0 Å². The number of nitrogens with one attached hydrogen (secondary N) is 1. The number of hydrogen-bond donors (Lipinski definition) is 2. The van der Waals surface area contributed by atoms with Crippen molar-refractivity contribution in [1.29, 1.82) is 0 Å². The molecule has 1 heterocycles. The zero-order valence-electron chi connectivity index (χ0n) is 27.8. The lowest BCUT2D eigenvalue weighted by atomic mass is 9.92. The fourth-order valence-corrected chi connectivity index (χ4v) is 8.25. The molecule has 2 N–H and O–H groups in total. The molecule has 9 nitrogen and oxygen atoms in total. The van der Waals surface area contributed by atoms with E-state index < -0.39 is 25.0 Å². The minimum Gasteiger partial charge on any atom is -0.456 e. The fraction of sp³-hybridized carbons (Fsp3) is 0.457. The molecule has 1 aliphatic heterocycles. The summed E-state index contributed by atoms with van der Waals surface area (Å²) in [6.07, 6.45) is 3.38. The Morgan fingerprint density at radius 3 is 2.17 bits per heavy atom. The Morgan fingerprint density at radius 2 is 1.57 bits per heavy atom. The van der Waals surface area contributed by atoms with Crippen molar-refractivity contribution < 1.29 is 25.8 Å². The van der Waals surface area contributed by atoms with Crippen LogP contribution in [0.2, 0.25) is 0 Å². The van der Waals surface area contributed by atoms with Crippen molar-refractivity contribution in [1.82, 2.24) is 4.58 Å². The molecule has 11 heteroatoms. The SMILES string of the molecule is CCCCC(CC)CS(=O)(=O)Nc1cc(S(=O)(=O)O)ccc1-c1c2ccc(=[N+](CC)CC)cc-2oc2cc(N(CC)CC)ccc12. The van der Waals surface area contributed by atoms with E-state index in [4.69, 9.17) is 4.42 Å². The predicted molar refractivity (Wildman–Crippen MR) is 189 cm³/mol. The maximum atomic E-state index is 13.6. The number of unbranched alkanes of at least 4 members (excludes halogenated alkanes) is 1. The van der Waals surface area contributed by atoms with Gasteiger partial charge in [0.25, 0.3) is 10.1 Å². The number of sulfonamides is 1. The largest absolute Gasteiger partial charge is 0.456 e. The van der Waals surface area contributed by atoms with Crippen LogP contribution in [0.1, 0.15) is 67.2 Å². The molecule has 1 unspecified atom stereocenters. The van der Waals surface area contributed by atoms with Gasteiger partial charge in [-0.05, 0) is 70.4 Å². The molecule has 250 valence electrons. The van der Waals surface area contributed by atoms with Gasteiger partial charge >= 0.3 is 0 Å². The highest BCUT2D eigenvalue weighted by Gasteiger charge is 2.25. The lowest BCUT2D eigenvalue weighted by Gasteiger charge is -2.23. The van der Waals surface area contributed by atoms with Crippen LogP contribution >= 0.6 is 0 Å². The number of rotatable bonds is 15. The van der Waals surface area contributed by atoms with Crippen LogP contribution in [0.5, 0.6) is 0 Å². The molecule has 2 aromatic carbocycles. The number of nitrogens with zero attached hydrogens (tertiary/aromatic N) is 2. The first-order chi connectivity index (χ1) is 21.9. The molecule has 0 saturated heterocycles. The lowest BCUT2D eigenvalue weighted by molar-refractivity contribution is 0.482. The fourth-order valence-electron chi connectivity index (χ4n) is 6.13. The molecule has 2 aliphatic rings. The Labute approximate surface area is 274 Å².